The molecule has 0 spiro atoms. The molecule has 9 N–H and O–H groups in total. The molecule has 14 nitrogen and oxygen atoms in total. The second-order valence-electron chi connectivity index (χ2n) is 8.32. The van der Waals surface area contributed by atoms with Crippen LogP contribution in [-0.4, -0.2) is 158 Å². The Morgan fingerprint density at radius 2 is 1.00 bits per heavy atom. The Labute approximate surface area is 191 Å². The lowest BCUT2D eigenvalue weighted by Crippen LogP contribution is -2.62. The van der Waals surface area contributed by atoms with Gasteiger partial charge in [0.05, 0.1) is 19.8 Å². The number of rotatable bonds is 7. The quantitative estimate of drug-likeness (QED) is 0.156. The van der Waals surface area contributed by atoms with Gasteiger partial charge in [-0.3, -0.25) is 0 Å². The van der Waals surface area contributed by atoms with Crippen molar-refractivity contribution in [2.75, 3.05) is 19.8 Å². The maximum atomic E-state index is 14.0. The van der Waals surface area contributed by atoms with Crippen molar-refractivity contribution in [2.24, 2.45) is 0 Å². The summed E-state index contributed by atoms with van der Waals surface area (Å²) in [7, 11) is 0. The molecule has 3 aliphatic rings. The summed E-state index contributed by atoms with van der Waals surface area (Å²) in [5.74, 6) is 0. The Morgan fingerprint density at radius 3 is 1.59 bits per heavy atom. The lowest BCUT2D eigenvalue weighted by Gasteiger charge is -2.43. The normalized spacial score (nSPS) is 52.5. The van der Waals surface area contributed by atoms with E-state index in [0.717, 1.165) is 0 Å². The van der Waals surface area contributed by atoms with E-state index in [-0.39, 0.29) is 0 Å². The van der Waals surface area contributed by atoms with Gasteiger partial charge in [0.15, 0.2) is 31.2 Å². The summed E-state index contributed by atoms with van der Waals surface area (Å²) in [6.45, 7) is -2.10. The second-order valence-corrected chi connectivity index (χ2v) is 8.32. The first kappa shape index (κ1) is 27.9. The molecule has 0 aliphatic carbocycles. The minimum absolute atomic E-state index is 0.645. The van der Waals surface area contributed by atoms with E-state index >= 15 is 0 Å². The van der Waals surface area contributed by atoms with Crippen molar-refractivity contribution in [1.29, 1.82) is 0 Å². The number of hydrogen-bond donors (Lipinski definition) is 9. The molecule has 3 rings (SSSR count). The first-order chi connectivity index (χ1) is 16.0. The predicted molar refractivity (Wildman–Crippen MR) is 99.0 cm³/mol. The molecule has 3 fully saturated rings. The van der Waals surface area contributed by atoms with E-state index in [9.17, 15) is 49.6 Å². The second kappa shape index (κ2) is 11.6. The third kappa shape index (κ3) is 5.65. The molecule has 16 heteroatoms. The molecular formula is C18H30F2O14. The standard InChI is InChI=1S/C18H30F2O14/c19-7-10(23)5(32-16(29)12(7)25)2-31-18-15(28)14(27)11(24)6(34-18)3-30-17-13(26)8(20)9(22)4(1-21)33-17/h4-18,21-29H,1-3H2/t4-,5-,6-,7+,8+,9+,10+,11+,12-,13-,14+,15-,16-,17-,18?/m1/s1. The van der Waals surface area contributed by atoms with Gasteiger partial charge in [-0.2, -0.15) is 0 Å². The van der Waals surface area contributed by atoms with Crippen LogP contribution in [0.15, 0.2) is 0 Å². The summed E-state index contributed by atoms with van der Waals surface area (Å²) < 4.78 is 53.6. The summed E-state index contributed by atoms with van der Waals surface area (Å²) in [5, 5.41) is 87.8. The van der Waals surface area contributed by atoms with E-state index in [2.05, 4.69) is 0 Å². The maximum Gasteiger partial charge on any atom is 0.187 e. The zero-order valence-electron chi connectivity index (χ0n) is 17.6. The molecular weight excluding hydrogens is 478 g/mol. The fourth-order valence-corrected chi connectivity index (χ4v) is 3.79. The Hall–Kier alpha value is -0.700. The van der Waals surface area contributed by atoms with Crippen molar-refractivity contribution in [3.63, 3.8) is 0 Å². The van der Waals surface area contributed by atoms with Crippen molar-refractivity contribution in [1.82, 2.24) is 0 Å². The lowest BCUT2D eigenvalue weighted by molar-refractivity contribution is -0.336. The minimum atomic E-state index is -2.26. The molecule has 0 bridgehead atoms. The first-order valence-corrected chi connectivity index (χ1v) is 10.5. The molecule has 0 aromatic rings. The number of hydrogen-bond acceptors (Lipinski definition) is 14. The van der Waals surface area contributed by atoms with Gasteiger partial charge < -0.3 is 69.6 Å². The highest BCUT2D eigenvalue weighted by atomic mass is 19.1. The number of ether oxygens (including phenoxy) is 5. The summed E-state index contributed by atoms with van der Waals surface area (Å²) in [5.41, 5.74) is 0. The van der Waals surface area contributed by atoms with Gasteiger partial charge in [0.25, 0.3) is 0 Å². The van der Waals surface area contributed by atoms with Gasteiger partial charge in [0.2, 0.25) is 0 Å². The van der Waals surface area contributed by atoms with Crippen LogP contribution in [0.3, 0.4) is 0 Å². The van der Waals surface area contributed by atoms with Crippen LogP contribution in [0.1, 0.15) is 0 Å². The van der Waals surface area contributed by atoms with Gasteiger partial charge >= 0.3 is 0 Å². The maximum absolute atomic E-state index is 14.0. The number of aliphatic hydroxyl groups is 9. The Morgan fingerprint density at radius 1 is 0.529 bits per heavy atom. The Balaban J connectivity index is 1.58. The van der Waals surface area contributed by atoms with Gasteiger partial charge in [-0.25, -0.2) is 8.78 Å². The van der Waals surface area contributed by atoms with Crippen LogP contribution >= 0.6 is 0 Å². The highest BCUT2D eigenvalue weighted by Crippen LogP contribution is 2.28. The molecule has 3 saturated heterocycles. The van der Waals surface area contributed by atoms with Crippen molar-refractivity contribution in [3.05, 3.63) is 0 Å². The largest absolute Gasteiger partial charge is 0.394 e. The van der Waals surface area contributed by atoms with Crippen LogP contribution in [0.4, 0.5) is 8.78 Å². The number of halogens is 2. The third-order valence-corrected chi connectivity index (χ3v) is 5.96. The summed E-state index contributed by atoms with van der Waals surface area (Å²) in [6.07, 6.45) is -27.2. The van der Waals surface area contributed by atoms with E-state index < -0.39 is 112 Å². The van der Waals surface area contributed by atoms with Crippen LogP contribution < -0.4 is 0 Å². The topological polar surface area (TPSA) is 228 Å². The molecule has 0 saturated carbocycles. The van der Waals surface area contributed by atoms with E-state index in [1.807, 2.05) is 0 Å². The number of alkyl halides is 2. The zero-order chi connectivity index (χ0) is 25.3. The van der Waals surface area contributed by atoms with E-state index in [4.69, 9.17) is 28.8 Å². The van der Waals surface area contributed by atoms with Crippen LogP contribution in [0, 0.1) is 0 Å². The van der Waals surface area contributed by atoms with Crippen molar-refractivity contribution < 1.29 is 78.4 Å². The zero-order valence-corrected chi connectivity index (χ0v) is 17.6. The minimum Gasteiger partial charge on any atom is -0.394 e. The van der Waals surface area contributed by atoms with Crippen molar-refractivity contribution >= 4 is 0 Å². The molecule has 0 amide bonds. The van der Waals surface area contributed by atoms with Gasteiger partial charge in [-0.15, -0.1) is 0 Å². The summed E-state index contributed by atoms with van der Waals surface area (Å²) in [4.78, 5) is 0. The summed E-state index contributed by atoms with van der Waals surface area (Å²) >= 11 is 0. The van der Waals surface area contributed by atoms with Gasteiger partial charge in [0.1, 0.15) is 61.0 Å². The van der Waals surface area contributed by atoms with E-state index in [1.165, 1.54) is 0 Å². The van der Waals surface area contributed by atoms with E-state index in [0.29, 0.717) is 0 Å². The van der Waals surface area contributed by atoms with Crippen LogP contribution in [0.25, 0.3) is 0 Å². The molecule has 3 aliphatic heterocycles. The monoisotopic (exact) mass is 508 g/mol. The molecule has 0 radical (unpaired) electrons. The molecule has 15 atom stereocenters. The van der Waals surface area contributed by atoms with Crippen LogP contribution in [0.2, 0.25) is 0 Å². The predicted octanol–water partition coefficient (Wildman–Crippen LogP) is -5.62. The number of aliphatic hydroxyl groups excluding tert-OH is 9. The molecule has 1 unspecified atom stereocenters. The van der Waals surface area contributed by atoms with E-state index in [1.54, 1.807) is 0 Å². The van der Waals surface area contributed by atoms with Gasteiger partial charge in [0, 0.05) is 0 Å². The molecule has 0 aromatic carbocycles. The Kier molecular flexibility index (Phi) is 9.49. The highest BCUT2D eigenvalue weighted by molar-refractivity contribution is 4.93. The first-order valence-electron chi connectivity index (χ1n) is 10.5. The summed E-state index contributed by atoms with van der Waals surface area (Å²) in [6, 6.07) is 0. The Bertz CT molecular complexity index is 648. The highest BCUT2D eigenvalue weighted by Gasteiger charge is 2.49. The smallest absolute Gasteiger partial charge is 0.187 e. The fraction of sp³-hybridized carbons (Fsp3) is 1.00. The van der Waals surface area contributed by atoms with Crippen LogP contribution in [-0.2, 0) is 23.7 Å². The van der Waals surface area contributed by atoms with Gasteiger partial charge in [-0.05, 0) is 0 Å². The average Bonchev–Trinajstić information content (AvgIpc) is 2.82. The SMILES string of the molecule is OC[C@H]1O[C@@H](OC[C@H]2OC(OC[C@H]3O[C@@H](O)[C@H](O)[C@@H](F)[C@H]3O)[C@H](O)[C@@H](O)[C@H]2O)[C@H](O)[C@@H](F)[C@H]1O. The molecule has 0 aromatic heterocycles. The third-order valence-electron chi connectivity index (χ3n) is 5.96. The van der Waals surface area contributed by atoms with Crippen LogP contribution in [0.5, 0.6) is 0 Å². The van der Waals surface area contributed by atoms with Crippen molar-refractivity contribution in [2.45, 2.75) is 92.3 Å². The lowest BCUT2D eigenvalue weighted by atomic mass is 9.98. The molecule has 3 heterocycles. The fourth-order valence-electron chi connectivity index (χ4n) is 3.79. The van der Waals surface area contributed by atoms with Crippen molar-refractivity contribution in [3.8, 4) is 0 Å². The average molecular weight is 508 g/mol. The molecule has 34 heavy (non-hydrogen) atoms. The molecule has 200 valence electrons. The van der Waals surface area contributed by atoms with Gasteiger partial charge in [-0.1, -0.05) is 0 Å².